The Bertz CT molecular complexity index is 2850. The maximum atomic E-state index is 6.19. The molecule has 8 aromatic carbocycles. The molecule has 10 rings (SSSR count). The van der Waals surface area contributed by atoms with Gasteiger partial charge in [-0.3, -0.25) is 4.98 Å². The lowest BCUT2D eigenvalue weighted by Gasteiger charge is -2.28. The van der Waals surface area contributed by atoms with E-state index in [4.69, 9.17) is 9.40 Å². The van der Waals surface area contributed by atoms with Crippen LogP contribution in [0.5, 0.6) is 0 Å². The number of furan rings is 1. The van der Waals surface area contributed by atoms with Crippen molar-refractivity contribution in [1.82, 2.24) is 4.98 Å². The molecule has 2 heterocycles. The summed E-state index contributed by atoms with van der Waals surface area (Å²) in [6.45, 7) is 0. The van der Waals surface area contributed by atoms with Crippen molar-refractivity contribution in [3.63, 3.8) is 0 Å². The number of pyridine rings is 1. The number of para-hydroxylation sites is 1. The monoisotopic (exact) mass is 638 g/mol. The second kappa shape index (κ2) is 11.5. The average molecular weight is 639 g/mol. The van der Waals surface area contributed by atoms with Gasteiger partial charge in [-0.15, -0.1) is 0 Å². The molecular formula is C47H30N2O. The van der Waals surface area contributed by atoms with Crippen LogP contribution in [0, 0.1) is 0 Å². The van der Waals surface area contributed by atoms with Crippen molar-refractivity contribution in [3.05, 3.63) is 182 Å². The Balaban J connectivity index is 1.14. The minimum absolute atomic E-state index is 0.843. The third kappa shape index (κ3) is 4.63. The number of rotatable bonds is 5. The lowest BCUT2D eigenvalue weighted by molar-refractivity contribution is 0.668. The Labute approximate surface area is 289 Å². The second-order valence-corrected chi connectivity index (χ2v) is 12.8. The molecule has 0 aliphatic carbocycles. The Kier molecular flexibility index (Phi) is 6.49. The average Bonchev–Trinajstić information content (AvgIpc) is 3.57. The number of benzene rings is 8. The fourth-order valence-electron chi connectivity index (χ4n) is 7.46. The lowest BCUT2D eigenvalue weighted by atomic mass is 9.94. The van der Waals surface area contributed by atoms with Crippen LogP contribution in [0.15, 0.2) is 187 Å². The molecule has 50 heavy (non-hydrogen) atoms. The zero-order valence-electron chi connectivity index (χ0n) is 27.1. The zero-order chi connectivity index (χ0) is 33.0. The van der Waals surface area contributed by atoms with E-state index in [1.807, 2.05) is 30.5 Å². The summed E-state index contributed by atoms with van der Waals surface area (Å²) in [5.74, 6) is 0. The van der Waals surface area contributed by atoms with Crippen LogP contribution in [-0.4, -0.2) is 4.98 Å². The predicted octanol–water partition coefficient (Wildman–Crippen LogP) is 13.2. The van der Waals surface area contributed by atoms with Crippen molar-refractivity contribution in [2.75, 3.05) is 4.90 Å². The molecule has 3 nitrogen and oxygen atoms in total. The van der Waals surface area contributed by atoms with E-state index in [1.165, 1.54) is 43.4 Å². The van der Waals surface area contributed by atoms with Crippen molar-refractivity contribution in [3.8, 4) is 22.4 Å². The molecule has 0 unspecified atom stereocenters. The summed E-state index contributed by atoms with van der Waals surface area (Å²) in [4.78, 5) is 7.24. The van der Waals surface area contributed by atoms with E-state index >= 15 is 0 Å². The summed E-state index contributed by atoms with van der Waals surface area (Å²) in [5.41, 5.74) is 9.30. The number of nitrogens with zero attached hydrogens (tertiary/aromatic N) is 2. The molecule has 3 heteroatoms. The summed E-state index contributed by atoms with van der Waals surface area (Å²) >= 11 is 0. The molecule has 0 N–H and O–H groups in total. The Morgan fingerprint density at radius 1 is 0.400 bits per heavy atom. The highest BCUT2D eigenvalue weighted by molar-refractivity contribution is 6.23. The van der Waals surface area contributed by atoms with Gasteiger partial charge in [0.2, 0.25) is 0 Å². The SMILES string of the molecule is c1ccc(-c2ccc(N(c3ccc(-c4cc5oc6ccccc6c5cn4)cc3)c3cc4ccc5ccccc5c4c4ccccc34)cc2)cc1. The molecule has 0 saturated carbocycles. The summed E-state index contributed by atoms with van der Waals surface area (Å²) < 4.78 is 6.19. The molecule has 2 aromatic heterocycles. The van der Waals surface area contributed by atoms with E-state index < -0.39 is 0 Å². The summed E-state index contributed by atoms with van der Waals surface area (Å²) in [7, 11) is 0. The summed E-state index contributed by atoms with van der Waals surface area (Å²) in [6, 6.07) is 62.6. The summed E-state index contributed by atoms with van der Waals surface area (Å²) in [5, 5.41) is 9.56. The Morgan fingerprint density at radius 2 is 1.00 bits per heavy atom. The molecule has 0 aliphatic rings. The van der Waals surface area contributed by atoms with Crippen LogP contribution in [-0.2, 0) is 0 Å². The van der Waals surface area contributed by atoms with Gasteiger partial charge in [0.25, 0.3) is 0 Å². The molecule has 0 aliphatic heterocycles. The van der Waals surface area contributed by atoms with Gasteiger partial charge >= 0.3 is 0 Å². The first-order valence-electron chi connectivity index (χ1n) is 17.0. The maximum Gasteiger partial charge on any atom is 0.139 e. The van der Waals surface area contributed by atoms with E-state index in [9.17, 15) is 0 Å². The van der Waals surface area contributed by atoms with Crippen LogP contribution < -0.4 is 4.90 Å². The van der Waals surface area contributed by atoms with Gasteiger partial charge in [-0.05, 0) is 74.5 Å². The molecule has 0 spiro atoms. The smallest absolute Gasteiger partial charge is 0.139 e. The largest absolute Gasteiger partial charge is 0.456 e. The van der Waals surface area contributed by atoms with E-state index in [0.717, 1.165) is 50.3 Å². The standard InChI is InChI=1S/C47H30N2O/c1-2-10-31(11-3-1)32-20-24-36(25-21-32)49(44-28-35-19-18-33-12-4-5-13-38(33)47(35)41-16-7-6-14-39(41)44)37-26-22-34(23-27-37)43-29-46-42(30-48-43)40-15-8-9-17-45(40)50-46/h1-30H. The topological polar surface area (TPSA) is 29.3 Å². The fourth-order valence-corrected chi connectivity index (χ4v) is 7.46. The number of aromatic nitrogens is 1. The van der Waals surface area contributed by atoms with Gasteiger partial charge in [0.1, 0.15) is 11.2 Å². The predicted molar refractivity (Wildman–Crippen MR) is 210 cm³/mol. The van der Waals surface area contributed by atoms with Crippen LogP contribution in [0.2, 0.25) is 0 Å². The Morgan fingerprint density at radius 3 is 1.78 bits per heavy atom. The molecular weight excluding hydrogens is 609 g/mol. The second-order valence-electron chi connectivity index (χ2n) is 12.8. The normalized spacial score (nSPS) is 11.6. The highest BCUT2D eigenvalue weighted by Crippen LogP contribution is 2.44. The Hall–Kier alpha value is -6.71. The quantitative estimate of drug-likeness (QED) is 0.176. The molecule has 0 radical (unpaired) electrons. The van der Waals surface area contributed by atoms with Crippen molar-refractivity contribution >= 4 is 71.3 Å². The van der Waals surface area contributed by atoms with Gasteiger partial charge in [0.15, 0.2) is 0 Å². The molecule has 10 aromatic rings. The number of fused-ring (bicyclic) bond motifs is 8. The van der Waals surface area contributed by atoms with E-state index in [0.29, 0.717) is 0 Å². The minimum atomic E-state index is 0.843. The fraction of sp³-hybridized carbons (Fsp3) is 0. The van der Waals surface area contributed by atoms with Gasteiger partial charge in [-0.25, -0.2) is 0 Å². The van der Waals surface area contributed by atoms with Crippen molar-refractivity contribution < 1.29 is 4.42 Å². The van der Waals surface area contributed by atoms with E-state index in [1.54, 1.807) is 0 Å². The molecule has 0 atom stereocenters. The molecule has 0 saturated heterocycles. The third-order valence-electron chi connectivity index (χ3n) is 9.88. The minimum Gasteiger partial charge on any atom is -0.456 e. The van der Waals surface area contributed by atoms with Crippen LogP contribution in [0.1, 0.15) is 0 Å². The maximum absolute atomic E-state index is 6.19. The van der Waals surface area contributed by atoms with Crippen molar-refractivity contribution in [2.24, 2.45) is 0 Å². The molecule has 234 valence electrons. The van der Waals surface area contributed by atoms with Gasteiger partial charge < -0.3 is 9.32 Å². The first kappa shape index (κ1) is 28.3. The van der Waals surface area contributed by atoms with Crippen molar-refractivity contribution in [2.45, 2.75) is 0 Å². The number of hydrogen-bond acceptors (Lipinski definition) is 3. The van der Waals surface area contributed by atoms with Crippen molar-refractivity contribution in [1.29, 1.82) is 0 Å². The zero-order valence-corrected chi connectivity index (χ0v) is 27.1. The van der Waals surface area contributed by atoms with Gasteiger partial charge in [-0.2, -0.15) is 0 Å². The number of anilines is 3. The number of hydrogen-bond donors (Lipinski definition) is 0. The van der Waals surface area contributed by atoms with Crippen LogP contribution in [0.3, 0.4) is 0 Å². The van der Waals surface area contributed by atoms with Gasteiger partial charge in [-0.1, -0.05) is 133 Å². The molecule has 0 amide bonds. The first-order chi connectivity index (χ1) is 24.8. The van der Waals surface area contributed by atoms with Crippen LogP contribution in [0.25, 0.3) is 76.6 Å². The molecule has 0 bridgehead atoms. The van der Waals surface area contributed by atoms with E-state index in [2.05, 4.69) is 157 Å². The van der Waals surface area contributed by atoms with Crippen LogP contribution >= 0.6 is 0 Å². The highest BCUT2D eigenvalue weighted by Gasteiger charge is 2.19. The van der Waals surface area contributed by atoms with Crippen LogP contribution in [0.4, 0.5) is 17.1 Å². The van der Waals surface area contributed by atoms with E-state index in [-0.39, 0.29) is 0 Å². The summed E-state index contributed by atoms with van der Waals surface area (Å²) in [6.07, 6.45) is 1.93. The molecule has 0 fully saturated rings. The first-order valence-corrected chi connectivity index (χ1v) is 17.0. The highest BCUT2D eigenvalue weighted by atomic mass is 16.3. The lowest BCUT2D eigenvalue weighted by Crippen LogP contribution is -2.10. The van der Waals surface area contributed by atoms with Gasteiger partial charge in [0, 0.05) is 45.4 Å². The van der Waals surface area contributed by atoms with Gasteiger partial charge in [0.05, 0.1) is 11.4 Å². The third-order valence-corrected chi connectivity index (χ3v) is 9.88.